The standard InChI is InChI=1S/C25H18ClNO3/c1-30-15-8-6-7-14(13-15)27-23(28)21-20-16-9-2-4-11-18(16)25(26,22(21)24(27)29)19-12-5-3-10-17(19)20/h2-13,20-22H,1H3/t20?,21-,22-,25?/m1/s1. The van der Waals surface area contributed by atoms with Crippen LogP contribution in [0, 0.1) is 11.8 Å². The molecule has 3 aromatic carbocycles. The van der Waals surface area contributed by atoms with Crippen LogP contribution < -0.4 is 9.64 Å². The molecular formula is C25H18ClNO3. The van der Waals surface area contributed by atoms with Crippen molar-refractivity contribution >= 4 is 29.1 Å². The number of halogens is 1. The Morgan fingerprint density at radius 2 is 1.50 bits per heavy atom. The van der Waals surface area contributed by atoms with E-state index in [2.05, 4.69) is 0 Å². The van der Waals surface area contributed by atoms with Gasteiger partial charge in [0.05, 0.1) is 24.6 Å². The Balaban J connectivity index is 1.60. The van der Waals surface area contributed by atoms with Gasteiger partial charge in [-0.05, 0) is 34.4 Å². The molecule has 0 radical (unpaired) electrons. The summed E-state index contributed by atoms with van der Waals surface area (Å²) >= 11 is 7.41. The van der Waals surface area contributed by atoms with Crippen molar-refractivity contribution in [3.63, 3.8) is 0 Å². The lowest BCUT2D eigenvalue weighted by Gasteiger charge is -2.50. The maximum absolute atomic E-state index is 13.7. The predicted molar refractivity (Wildman–Crippen MR) is 114 cm³/mol. The van der Waals surface area contributed by atoms with Crippen LogP contribution in [0.3, 0.4) is 0 Å². The molecule has 4 nitrogen and oxygen atoms in total. The highest BCUT2D eigenvalue weighted by Crippen LogP contribution is 2.65. The first-order chi connectivity index (χ1) is 14.6. The number of amides is 2. The molecule has 0 spiro atoms. The Morgan fingerprint density at radius 3 is 2.13 bits per heavy atom. The number of rotatable bonds is 2. The van der Waals surface area contributed by atoms with Crippen LogP contribution in [0.2, 0.25) is 0 Å². The van der Waals surface area contributed by atoms with Gasteiger partial charge in [-0.1, -0.05) is 54.6 Å². The molecule has 3 aliphatic carbocycles. The third-order valence-electron chi connectivity index (χ3n) is 6.83. The number of hydrogen-bond donors (Lipinski definition) is 0. The Labute approximate surface area is 179 Å². The third kappa shape index (κ3) is 1.97. The second kappa shape index (κ2) is 5.96. The van der Waals surface area contributed by atoms with E-state index in [0.29, 0.717) is 11.4 Å². The number of ether oxygens (including phenoxy) is 1. The molecule has 1 aliphatic heterocycles. The summed E-state index contributed by atoms with van der Waals surface area (Å²) in [6.07, 6.45) is 0. The third-order valence-corrected chi connectivity index (χ3v) is 7.47. The van der Waals surface area contributed by atoms with Gasteiger partial charge in [0.15, 0.2) is 0 Å². The number of carbonyl (C=O) groups is 2. The lowest BCUT2D eigenvalue weighted by molar-refractivity contribution is -0.122. The number of imide groups is 1. The smallest absolute Gasteiger partial charge is 0.240 e. The first-order valence-electron chi connectivity index (χ1n) is 9.97. The van der Waals surface area contributed by atoms with Crippen LogP contribution >= 0.6 is 11.6 Å². The predicted octanol–water partition coefficient (Wildman–Crippen LogP) is 4.44. The van der Waals surface area contributed by atoms with Gasteiger partial charge in [-0.2, -0.15) is 0 Å². The van der Waals surface area contributed by atoms with Gasteiger partial charge in [-0.25, -0.2) is 4.90 Å². The molecule has 148 valence electrons. The Kier molecular flexibility index (Phi) is 3.52. The fourth-order valence-corrected chi connectivity index (χ4v) is 6.26. The van der Waals surface area contributed by atoms with Gasteiger partial charge in [0.25, 0.3) is 0 Å². The lowest BCUT2D eigenvalue weighted by Crippen LogP contribution is -2.50. The van der Waals surface area contributed by atoms with Crippen molar-refractivity contribution in [1.82, 2.24) is 0 Å². The summed E-state index contributed by atoms with van der Waals surface area (Å²) in [5.74, 6) is -1.20. The van der Waals surface area contributed by atoms with Crippen molar-refractivity contribution < 1.29 is 14.3 Å². The molecule has 30 heavy (non-hydrogen) atoms. The van der Waals surface area contributed by atoms with E-state index in [4.69, 9.17) is 16.3 Å². The molecule has 0 unspecified atom stereocenters. The minimum atomic E-state index is -1.06. The average molecular weight is 416 g/mol. The number of hydrogen-bond acceptors (Lipinski definition) is 3. The molecular weight excluding hydrogens is 398 g/mol. The summed E-state index contributed by atoms with van der Waals surface area (Å²) in [6, 6.07) is 23.0. The summed E-state index contributed by atoms with van der Waals surface area (Å²) in [5, 5.41) is 0. The molecule has 0 aromatic heterocycles. The zero-order chi connectivity index (χ0) is 20.6. The fourth-order valence-electron chi connectivity index (χ4n) is 5.68. The van der Waals surface area contributed by atoms with E-state index in [9.17, 15) is 9.59 Å². The van der Waals surface area contributed by atoms with Crippen LogP contribution in [0.1, 0.15) is 28.2 Å². The highest BCUT2D eigenvalue weighted by Gasteiger charge is 2.67. The molecule has 0 N–H and O–H groups in total. The average Bonchev–Trinajstić information content (AvgIpc) is 3.06. The Bertz CT molecular complexity index is 1190. The molecule has 2 amide bonds. The molecule has 1 fully saturated rings. The Hall–Kier alpha value is -3.11. The number of benzene rings is 3. The quantitative estimate of drug-likeness (QED) is 0.459. The van der Waals surface area contributed by atoms with Crippen LogP contribution in [0.15, 0.2) is 72.8 Å². The molecule has 5 heteroatoms. The highest BCUT2D eigenvalue weighted by atomic mass is 35.5. The molecule has 2 bridgehead atoms. The van der Waals surface area contributed by atoms with Crippen LogP contribution in [0.25, 0.3) is 0 Å². The second-order valence-corrected chi connectivity index (χ2v) is 8.68. The van der Waals surface area contributed by atoms with E-state index in [1.54, 1.807) is 31.4 Å². The van der Waals surface area contributed by atoms with Crippen LogP contribution in [-0.4, -0.2) is 18.9 Å². The normalized spacial score (nSPS) is 28.2. The van der Waals surface area contributed by atoms with Gasteiger partial charge in [-0.15, -0.1) is 11.6 Å². The Morgan fingerprint density at radius 1 is 0.867 bits per heavy atom. The lowest BCUT2D eigenvalue weighted by atomic mass is 9.54. The SMILES string of the molecule is COc1cccc(N2C(=O)[C@@H]3C4c5ccccc5C(Cl)(c5ccccc54)[C@H]3C2=O)c1. The topological polar surface area (TPSA) is 46.6 Å². The van der Waals surface area contributed by atoms with Crippen molar-refractivity contribution in [3.8, 4) is 5.75 Å². The van der Waals surface area contributed by atoms with E-state index in [1.165, 1.54) is 4.90 Å². The highest BCUT2D eigenvalue weighted by molar-refractivity contribution is 6.33. The number of carbonyl (C=O) groups excluding carboxylic acids is 2. The number of anilines is 1. The zero-order valence-corrected chi connectivity index (χ0v) is 17.0. The van der Waals surface area contributed by atoms with E-state index >= 15 is 0 Å². The number of alkyl halides is 1. The van der Waals surface area contributed by atoms with Crippen molar-refractivity contribution in [2.75, 3.05) is 12.0 Å². The number of methoxy groups -OCH3 is 1. The van der Waals surface area contributed by atoms with Crippen molar-refractivity contribution in [2.45, 2.75) is 10.8 Å². The van der Waals surface area contributed by atoms with E-state index in [1.807, 2.05) is 48.5 Å². The summed E-state index contributed by atoms with van der Waals surface area (Å²) in [7, 11) is 1.56. The largest absolute Gasteiger partial charge is 0.497 e. The van der Waals surface area contributed by atoms with Gasteiger partial charge < -0.3 is 4.74 Å². The number of nitrogens with zero attached hydrogens (tertiary/aromatic N) is 1. The second-order valence-electron chi connectivity index (χ2n) is 8.08. The summed E-state index contributed by atoms with van der Waals surface area (Å²) in [4.78, 5) is 27.7. The fraction of sp³-hybridized carbons (Fsp3) is 0.200. The van der Waals surface area contributed by atoms with Gasteiger partial charge in [0.2, 0.25) is 11.8 Å². The zero-order valence-electron chi connectivity index (χ0n) is 16.2. The minimum absolute atomic E-state index is 0.185. The molecule has 3 aromatic rings. The van der Waals surface area contributed by atoms with E-state index in [0.717, 1.165) is 22.3 Å². The molecule has 1 heterocycles. The molecule has 7 rings (SSSR count). The van der Waals surface area contributed by atoms with E-state index in [-0.39, 0.29) is 17.7 Å². The maximum atomic E-state index is 13.7. The van der Waals surface area contributed by atoms with Gasteiger partial charge in [0, 0.05) is 12.0 Å². The molecule has 1 saturated heterocycles. The van der Waals surface area contributed by atoms with Crippen LogP contribution in [0.4, 0.5) is 5.69 Å². The molecule has 2 atom stereocenters. The first kappa shape index (κ1) is 17.7. The van der Waals surface area contributed by atoms with Crippen molar-refractivity contribution in [1.29, 1.82) is 0 Å². The van der Waals surface area contributed by atoms with Crippen molar-refractivity contribution in [2.24, 2.45) is 11.8 Å². The van der Waals surface area contributed by atoms with Gasteiger partial charge >= 0.3 is 0 Å². The minimum Gasteiger partial charge on any atom is -0.497 e. The van der Waals surface area contributed by atoms with E-state index < -0.39 is 16.7 Å². The maximum Gasteiger partial charge on any atom is 0.240 e. The summed E-state index contributed by atoms with van der Waals surface area (Å²) in [6.45, 7) is 0. The van der Waals surface area contributed by atoms with Crippen LogP contribution in [-0.2, 0) is 14.5 Å². The van der Waals surface area contributed by atoms with Crippen LogP contribution in [0.5, 0.6) is 5.75 Å². The monoisotopic (exact) mass is 415 g/mol. The summed E-state index contributed by atoms with van der Waals surface area (Å²) in [5.41, 5.74) is 4.48. The summed E-state index contributed by atoms with van der Waals surface area (Å²) < 4.78 is 5.30. The molecule has 0 saturated carbocycles. The van der Waals surface area contributed by atoms with Gasteiger partial charge in [-0.3, -0.25) is 9.59 Å². The first-order valence-corrected chi connectivity index (χ1v) is 10.3. The van der Waals surface area contributed by atoms with Crippen molar-refractivity contribution in [3.05, 3.63) is 95.1 Å². The van der Waals surface area contributed by atoms with Gasteiger partial charge in [0.1, 0.15) is 10.6 Å². The molecule has 4 aliphatic rings.